The third kappa shape index (κ3) is 3.81. The van der Waals surface area contributed by atoms with Crippen LogP contribution in [0.25, 0.3) is 10.9 Å². The number of methoxy groups -OCH3 is 1. The molecule has 1 amide bonds. The van der Waals surface area contributed by atoms with E-state index in [4.69, 9.17) is 9.47 Å². The van der Waals surface area contributed by atoms with E-state index in [9.17, 15) is 4.79 Å². The summed E-state index contributed by atoms with van der Waals surface area (Å²) in [7, 11) is 1.63. The maximum Gasteiger partial charge on any atom is 0.251 e. The molecule has 5 heteroatoms. The van der Waals surface area contributed by atoms with Gasteiger partial charge in [0.15, 0.2) is 0 Å². The summed E-state index contributed by atoms with van der Waals surface area (Å²) in [5.74, 6) is -0.0909. The first kappa shape index (κ1) is 13.6. The highest BCUT2D eigenvalue weighted by molar-refractivity contribution is 5.97. The molecule has 0 unspecified atom stereocenters. The fourth-order valence-electron chi connectivity index (χ4n) is 1.77. The average Bonchev–Trinajstić information content (AvgIpc) is 2.89. The van der Waals surface area contributed by atoms with E-state index in [1.54, 1.807) is 7.11 Å². The van der Waals surface area contributed by atoms with Gasteiger partial charge in [-0.25, -0.2) is 0 Å². The van der Waals surface area contributed by atoms with E-state index in [1.165, 1.54) is 0 Å². The third-order valence-electron chi connectivity index (χ3n) is 2.78. The van der Waals surface area contributed by atoms with E-state index < -0.39 is 0 Å². The fourth-order valence-corrected chi connectivity index (χ4v) is 1.77. The monoisotopic (exact) mass is 262 g/mol. The standard InChI is InChI=1S/C14H18N2O3/c1-18-8-9-19-7-6-16-14(17)12-3-2-11-4-5-15-13(11)10-12/h2-5,10,15H,6-9H2,1H3,(H,16,17). The second-order valence-corrected chi connectivity index (χ2v) is 4.14. The quantitative estimate of drug-likeness (QED) is 0.744. The number of H-pyrrole nitrogens is 1. The van der Waals surface area contributed by atoms with Crippen molar-refractivity contribution < 1.29 is 14.3 Å². The Hall–Kier alpha value is -1.85. The first-order valence-corrected chi connectivity index (χ1v) is 6.23. The molecule has 2 N–H and O–H groups in total. The maximum atomic E-state index is 11.9. The van der Waals surface area contributed by atoms with Gasteiger partial charge in [-0.15, -0.1) is 0 Å². The van der Waals surface area contributed by atoms with E-state index >= 15 is 0 Å². The normalized spacial score (nSPS) is 10.8. The number of hydrogen-bond donors (Lipinski definition) is 2. The van der Waals surface area contributed by atoms with Crippen LogP contribution in [0, 0.1) is 0 Å². The van der Waals surface area contributed by atoms with Gasteiger partial charge < -0.3 is 19.8 Å². The molecular weight excluding hydrogens is 244 g/mol. The molecule has 2 rings (SSSR count). The lowest BCUT2D eigenvalue weighted by Gasteiger charge is -2.06. The minimum Gasteiger partial charge on any atom is -0.382 e. The van der Waals surface area contributed by atoms with Crippen LogP contribution in [-0.4, -0.2) is 44.4 Å². The molecule has 1 aromatic carbocycles. The molecule has 19 heavy (non-hydrogen) atoms. The molecule has 0 bridgehead atoms. The first-order valence-electron chi connectivity index (χ1n) is 6.23. The van der Waals surface area contributed by atoms with Gasteiger partial charge in [-0.05, 0) is 23.6 Å². The minimum absolute atomic E-state index is 0.0909. The molecule has 1 heterocycles. The van der Waals surface area contributed by atoms with Gasteiger partial charge in [0, 0.05) is 30.9 Å². The Morgan fingerprint density at radius 2 is 2.16 bits per heavy atom. The number of rotatable bonds is 7. The van der Waals surface area contributed by atoms with Crippen LogP contribution in [0.5, 0.6) is 0 Å². The molecule has 0 radical (unpaired) electrons. The Morgan fingerprint density at radius 3 is 3.00 bits per heavy atom. The van der Waals surface area contributed by atoms with E-state index in [0.717, 1.165) is 10.9 Å². The highest BCUT2D eigenvalue weighted by Crippen LogP contribution is 2.13. The van der Waals surface area contributed by atoms with Crippen molar-refractivity contribution in [3.05, 3.63) is 36.0 Å². The number of fused-ring (bicyclic) bond motifs is 1. The number of aromatic amines is 1. The highest BCUT2D eigenvalue weighted by atomic mass is 16.5. The summed E-state index contributed by atoms with van der Waals surface area (Å²) in [6, 6.07) is 7.56. The van der Waals surface area contributed by atoms with E-state index in [1.807, 2.05) is 30.5 Å². The van der Waals surface area contributed by atoms with Crippen LogP contribution in [0.15, 0.2) is 30.5 Å². The zero-order valence-corrected chi connectivity index (χ0v) is 10.9. The third-order valence-corrected chi connectivity index (χ3v) is 2.78. The summed E-state index contributed by atoms with van der Waals surface area (Å²) < 4.78 is 10.1. The van der Waals surface area contributed by atoms with Gasteiger partial charge in [-0.2, -0.15) is 0 Å². The lowest BCUT2D eigenvalue weighted by Crippen LogP contribution is -2.27. The number of nitrogens with one attached hydrogen (secondary N) is 2. The highest BCUT2D eigenvalue weighted by Gasteiger charge is 2.05. The van der Waals surface area contributed by atoms with E-state index in [0.29, 0.717) is 31.9 Å². The molecule has 0 atom stereocenters. The molecule has 2 aromatic rings. The number of aromatic nitrogens is 1. The summed E-state index contributed by atoms with van der Waals surface area (Å²) in [6.07, 6.45) is 1.86. The molecular formula is C14H18N2O3. The van der Waals surface area contributed by atoms with Crippen molar-refractivity contribution in [2.24, 2.45) is 0 Å². The van der Waals surface area contributed by atoms with Crippen molar-refractivity contribution in [1.29, 1.82) is 0 Å². The number of ether oxygens (including phenoxy) is 2. The predicted octanol–water partition coefficient (Wildman–Crippen LogP) is 1.56. The van der Waals surface area contributed by atoms with Gasteiger partial charge in [-0.3, -0.25) is 4.79 Å². The first-order chi connectivity index (χ1) is 9.31. The van der Waals surface area contributed by atoms with Crippen LogP contribution in [0.3, 0.4) is 0 Å². The van der Waals surface area contributed by atoms with Gasteiger partial charge in [-0.1, -0.05) is 6.07 Å². The molecule has 0 fully saturated rings. The molecule has 1 aromatic heterocycles. The topological polar surface area (TPSA) is 63.4 Å². The molecule has 5 nitrogen and oxygen atoms in total. The van der Waals surface area contributed by atoms with Crippen molar-refractivity contribution in [2.45, 2.75) is 0 Å². The van der Waals surface area contributed by atoms with Crippen LogP contribution in [0.1, 0.15) is 10.4 Å². The van der Waals surface area contributed by atoms with Crippen molar-refractivity contribution in [3.63, 3.8) is 0 Å². The number of benzene rings is 1. The Bertz CT molecular complexity index is 536. The Balaban J connectivity index is 1.79. The molecule has 0 spiro atoms. The van der Waals surface area contributed by atoms with Crippen LogP contribution in [0.4, 0.5) is 0 Å². The Morgan fingerprint density at radius 1 is 1.26 bits per heavy atom. The number of carbonyl (C=O) groups is 1. The van der Waals surface area contributed by atoms with Gasteiger partial charge in [0.05, 0.1) is 19.8 Å². The zero-order valence-electron chi connectivity index (χ0n) is 10.9. The Kier molecular flexibility index (Phi) is 4.94. The smallest absolute Gasteiger partial charge is 0.251 e. The lowest BCUT2D eigenvalue weighted by molar-refractivity contribution is 0.0693. The molecule has 0 saturated heterocycles. The van der Waals surface area contributed by atoms with Crippen LogP contribution >= 0.6 is 0 Å². The molecule has 0 aliphatic carbocycles. The van der Waals surface area contributed by atoms with Crippen molar-refractivity contribution in [2.75, 3.05) is 33.5 Å². The second-order valence-electron chi connectivity index (χ2n) is 4.14. The zero-order chi connectivity index (χ0) is 13.5. The molecule has 0 aliphatic rings. The van der Waals surface area contributed by atoms with Crippen LogP contribution in [0.2, 0.25) is 0 Å². The number of carbonyl (C=O) groups excluding carboxylic acids is 1. The second kappa shape index (κ2) is 6.92. The summed E-state index contributed by atoms with van der Waals surface area (Å²) >= 11 is 0. The number of amides is 1. The fraction of sp³-hybridized carbons (Fsp3) is 0.357. The molecule has 0 aliphatic heterocycles. The number of hydrogen-bond acceptors (Lipinski definition) is 3. The average molecular weight is 262 g/mol. The minimum atomic E-state index is -0.0909. The Labute approximate surface area is 111 Å². The van der Waals surface area contributed by atoms with Crippen molar-refractivity contribution in [3.8, 4) is 0 Å². The molecule has 0 saturated carbocycles. The summed E-state index contributed by atoms with van der Waals surface area (Å²) in [5, 5.41) is 3.91. The molecule has 102 valence electrons. The van der Waals surface area contributed by atoms with Crippen LogP contribution in [-0.2, 0) is 9.47 Å². The van der Waals surface area contributed by atoms with Gasteiger partial charge in [0.2, 0.25) is 0 Å². The predicted molar refractivity (Wildman–Crippen MR) is 73.3 cm³/mol. The van der Waals surface area contributed by atoms with Gasteiger partial charge >= 0.3 is 0 Å². The summed E-state index contributed by atoms with van der Waals surface area (Å²) in [4.78, 5) is 15.0. The van der Waals surface area contributed by atoms with Crippen molar-refractivity contribution >= 4 is 16.8 Å². The summed E-state index contributed by atoms with van der Waals surface area (Å²) in [5.41, 5.74) is 1.61. The summed E-state index contributed by atoms with van der Waals surface area (Å²) in [6.45, 7) is 2.09. The SMILES string of the molecule is COCCOCCNC(=O)c1ccc2cc[nH]c2c1. The van der Waals surface area contributed by atoms with Crippen molar-refractivity contribution in [1.82, 2.24) is 10.3 Å². The van der Waals surface area contributed by atoms with Gasteiger partial charge in [0.1, 0.15) is 0 Å². The van der Waals surface area contributed by atoms with Gasteiger partial charge in [0.25, 0.3) is 5.91 Å². The van der Waals surface area contributed by atoms with Crippen LogP contribution < -0.4 is 5.32 Å². The lowest BCUT2D eigenvalue weighted by atomic mass is 10.1. The van der Waals surface area contributed by atoms with E-state index in [2.05, 4.69) is 10.3 Å². The maximum absolute atomic E-state index is 11.9. The largest absolute Gasteiger partial charge is 0.382 e. The van der Waals surface area contributed by atoms with E-state index in [-0.39, 0.29) is 5.91 Å².